The van der Waals surface area contributed by atoms with Gasteiger partial charge in [0.05, 0.1) is 12.2 Å². The largest absolute Gasteiger partial charge is 0.478 e. The molecule has 2 aromatic rings. The van der Waals surface area contributed by atoms with Crippen molar-refractivity contribution in [2.24, 2.45) is 0 Å². The average molecular weight is 428 g/mol. The van der Waals surface area contributed by atoms with Crippen LogP contribution in [0.2, 0.25) is 0 Å². The summed E-state index contributed by atoms with van der Waals surface area (Å²) in [6.45, 7) is 2.33. The highest BCUT2D eigenvalue weighted by Crippen LogP contribution is 2.40. The molecule has 0 atom stereocenters. The first-order valence-electron chi connectivity index (χ1n) is 8.19. The highest BCUT2D eigenvalue weighted by Gasteiger charge is 2.31. The molecule has 2 aromatic carbocycles. The van der Waals surface area contributed by atoms with E-state index in [2.05, 4.69) is 15.9 Å². The van der Waals surface area contributed by atoms with Gasteiger partial charge in [-0.25, -0.2) is 0 Å². The third-order valence-corrected chi connectivity index (χ3v) is 4.78. The van der Waals surface area contributed by atoms with Gasteiger partial charge in [-0.2, -0.15) is 5.26 Å². The van der Waals surface area contributed by atoms with Crippen LogP contribution in [-0.2, 0) is 11.3 Å². The van der Waals surface area contributed by atoms with Gasteiger partial charge < -0.3 is 18.9 Å². The molecule has 0 saturated carbocycles. The van der Waals surface area contributed by atoms with Crippen LogP contribution in [0.3, 0.4) is 0 Å². The van der Waals surface area contributed by atoms with Crippen molar-refractivity contribution in [3.8, 4) is 23.3 Å². The second-order valence-corrected chi connectivity index (χ2v) is 6.96. The predicted octanol–water partition coefficient (Wildman–Crippen LogP) is 4.14. The fourth-order valence-electron chi connectivity index (χ4n) is 3.09. The van der Waals surface area contributed by atoms with Crippen molar-refractivity contribution in [2.75, 3.05) is 13.4 Å². The van der Waals surface area contributed by atoms with Crippen molar-refractivity contribution in [1.82, 2.24) is 0 Å². The highest BCUT2D eigenvalue weighted by molar-refractivity contribution is 9.10. The molecule has 2 aliphatic rings. The van der Waals surface area contributed by atoms with Crippen LogP contribution in [0.25, 0.3) is 6.08 Å². The smallest absolute Gasteiger partial charge is 0.231 e. The van der Waals surface area contributed by atoms with Crippen LogP contribution in [0.15, 0.2) is 34.5 Å². The number of nitrogens with zero attached hydrogens (tertiary/aromatic N) is 1. The summed E-state index contributed by atoms with van der Waals surface area (Å²) < 4.78 is 23.0. The molecule has 6 nitrogen and oxygen atoms in total. The summed E-state index contributed by atoms with van der Waals surface area (Å²) in [5.74, 6) is 1.65. The van der Waals surface area contributed by atoms with Gasteiger partial charge in [0.2, 0.25) is 5.78 Å². The van der Waals surface area contributed by atoms with Crippen molar-refractivity contribution in [1.29, 1.82) is 5.26 Å². The Morgan fingerprint density at radius 3 is 3.00 bits per heavy atom. The zero-order valence-electron chi connectivity index (χ0n) is 14.4. The van der Waals surface area contributed by atoms with Gasteiger partial charge in [-0.3, -0.25) is 4.79 Å². The molecule has 0 aromatic heterocycles. The number of Topliss-reactive ketones (excluding diaryl/α,β-unsaturated/α-hetero) is 1. The van der Waals surface area contributed by atoms with Crippen molar-refractivity contribution < 1.29 is 23.7 Å². The molecular formula is C20H14BrNO5. The number of carbonyl (C=O) groups excluding carboxylic acids is 1. The lowest BCUT2D eigenvalue weighted by Crippen LogP contribution is -2.12. The zero-order valence-corrected chi connectivity index (χ0v) is 16.0. The number of ketones is 1. The maximum atomic E-state index is 12.8. The molecule has 4 rings (SSSR count). The number of hydrogen-bond donors (Lipinski definition) is 0. The molecule has 0 aliphatic carbocycles. The number of hydrogen-bond acceptors (Lipinski definition) is 6. The van der Waals surface area contributed by atoms with Crippen LogP contribution in [0.4, 0.5) is 0 Å². The van der Waals surface area contributed by atoms with Crippen molar-refractivity contribution >= 4 is 27.8 Å². The van der Waals surface area contributed by atoms with E-state index in [9.17, 15) is 4.79 Å². The molecule has 27 heavy (non-hydrogen) atoms. The van der Waals surface area contributed by atoms with E-state index in [1.165, 1.54) is 0 Å². The Hall–Kier alpha value is -2.82. The number of carbonyl (C=O) groups is 1. The molecule has 0 amide bonds. The second kappa shape index (κ2) is 7.06. The van der Waals surface area contributed by atoms with E-state index in [1.807, 2.05) is 18.2 Å². The molecule has 0 bridgehead atoms. The van der Waals surface area contributed by atoms with Crippen LogP contribution < -0.4 is 14.2 Å². The average Bonchev–Trinajstić information content (AvgIpc) is 2.98. The maximum Gasteiger partial charge on any atom is 0.231 e. The SMILES string of the molecule is Cc1c(OCC#N)ccc2c1O/C(=C\c1cc(Br)cc3c1OCOC3)C2=O. The third kappa shape index (κ3) is 3.18. The minimum absolute atomic E-state index is 0.0696. The van der Waals surface area contributed by atoms with E-state index < -0.39 is 0 Å². The summed E-state index contributed by atoms with van der Waals surface area (Å²) in [6, 6.07) is 9.04. The molecule has 0 spiro atoms. The Morgan fingerprint density at radius 1 is 1.33 bits per heavy atom. The Balaban J connectivity index is 1.72. The molecular weight excluding hydrogens is 414 g/mol. The number of benzene rings is 2. The van der Waals surface area contributed by atoms with E-state index in [4.69, 9.17) is 24.2 Å². The lowest BCUT2D eigenvalue weighted by atomic mass is 10.0. The molecule has 136 valence electrons. The van der Waals surface area contributed by atoms with Gasteiger partial charge in [-0.15, -0.1) is 0 Å². The summed E-state index contributed by atoms with van der Waals surface area (Å²) in [4.78, 5) is 12.8. The standard InChI is InChI=1S/C20H14BrNO5/c1-11-16(25-5-4-22)3-2-15-18(23)17(27-19(11)15)8-12-6-14(21)7-13-9-24-10-26-20(12)13/h2-3,6-8H,5,9-10H2,1H3/b17-8-. The number of allylic oxidation sites excluding steroid dienone is 1. The molecule has 0 radical (unpaired) electrons. The van der Waals surface area contributed by atoms with Gasteiger partial charge in [-0.1, -0.05) is 15.9 Å². The third-order valence-electron chi connectivity index (χ3n) is 4.32. The van der Waals surface area contributed by atoms with E-state index in [0.29, 0.717) is 35.0 Å². The van der Waals surface area contributed by atoms with E-state index in [1.54, 1.807) is 25.1 Å². The van der Waals surface area contributed by atoms with E-state index >= 15 is 0 Å². The van der Waals surface area contributed by atoms with Crippen molar-refractivity contribution in [3.63, 3.8) is 0 Å². The fourth-order valence-corrected chi connectivity index (χ4v) is 3.61. The van der Waals surface area contributed by atoms with Gasteiger partial charge in [0.15, 0.2) is 19.2 Å². The Morgan fingerprint density at radius 2 is 2.19 bits per heavy atom. The van der Waals surface area contributed by atoms with Crippen LogP contribution in [0.1, 0.15) is 27.0 Å². The topological polar surface area (TPSA) is 77.8 Å². The summed E-state index contributed by atoms with van der Waals surface area (Å²) in [5.41, 5.74) is 2.78. The second-order valence-electron chi connectivity index (χ2n) is 6.05. The van der Waals surface area contributed by atoms with Crippen LogP contribution in [-0.4, -0.2) is 19.2 Å². The van der Waals surface area contributed by atoms with Crippen molar-refractivity contribution in [3.05, 3.63) is 56.8 Å². The van der Waals surface area contributed by atoms with Crippen LogP contribution in [0.5, 0.6) is 17.2 Å². The molecule has 0 unspecified atom stereocenters. The first-order valence-corrected chi connectivity index (χ1v) is 8.98. The number of halogens is 1. The van der Waals surface area contributed by atoms with Crippen LogP contribution in [0, 0.1) is 18.3 Å². The predicted molar refractivity (Wildman–Crippen MR) is 99.6 cm³/mol. The number of rotatable bonds is 3. The molecule has 0 N–H and O–H groups in total. The molecule has 7 heteroatoms. The molecule has 0 fully saturated rings. The lowest BCUT2D eigenvalue weighted by Gasteiger charge is -2.20. The Kier molecular flexibility index (Phi) is 4.60. The molecule has 2 aliphatic heterocycles. The summed E-state index contributed by atoms with van der Waals surface area (Å²) in [5, 5.41) is 8.69. The number of fused-ring (bicyclic) bond motifs is 2. The minimum Gasteiger partial charge on any atom is -0.478 e. The molecule has 0 saturated heterocycles. The lowest BCUT2D eigenvalue weighted by molar-refractivity contribution is -0.0165. The summed E-state index contributed by atoms with van der Waals surface area (Å²) >= 11 is 3.47. The quantitative estimate of drug-likeness (QED) is 0.684. The van der Waals surface area contributed by atoms with Gasteiger partial charge in [0, 0.05) is 21.2 Å². The van der Waals surface area contributed by atoms with E-state index in [-0.39, 0.29) is 24.9 Å². The first kappa shape index (κ1) is 17.6. The van der Waals surface area contributed by atoms with Gasteiger partial charge >= 0.3 is 0 Å². The zero-order chi connectivity index (χ0) is 19.0. The first-order chi connectivity index (χ1) is 13.1. The van der Waals surface area contributed by atoms with Gasteiger partial charge in [0.25, 0.3) is 0 Å². The van der Waals surface area contributed by atoms with Gasteiger partial charge in [0.1, 0.15) is 23.3 Å². The minimum atomic E-state index is -0.208. The Bertz CT molecular complexity index is 1020. The summed E-state index contributed by atoms with van der Waals surface area (Å²) in [6.07, 6.45) is 1.67. The summed E-state index contributed by atoms with van der Waals surface area (Å²) in [7, 11) is 0. The number of nitriles is 1. The maximum absolute atomic E-state index is 12.8. The van der Waals surface area contributed by atoms with Crippen molar-refractivity contribution in [2.45, 2.75) is 13.5 Å². The van der Waals surface area contributed by atoms with E-state index in [0.717, 1.165) is 15.6 Å². The molecule has 2 heterocycles. The van der Waals surface area contributed by atoms with Gasteiger partial charge in [-0.05, 0) is 37.3 Å². The fraction of sp³-hybridized carbons (Fsp3) is 0.200. The Labute approximate surface area is 164 Å². The highest BCUT2D eigenvalue weighted by atomic mass is 79.9. The normalized spacial score (nSPS) is 16.2. The van der Waals surface area contributed by atoms with Crippen LogP contribution >= 0.6 is 15.9 Å². The monoisotopic (exact) mass is 427 g/mol. The number of ether oxygens (including phenoxy) is 4.